The molecule has 1 fully saturated rings. The van der Waals surface area contributed by atoms with E-state index in [1.54, 1.807) is 6.08 Å². The lowest BCUT2D eigenvalue weighted by Crippen LogP contribution is -2.17. The molecule has 0 aromatic heterocycles. The van der Waals surface area contributed by atoms with E-state index < -0.39 is 0 Å². The minimum Gasteiger partial charge on any atom is -0.293 e. The molecule has 1 aliphatic heterocycles. The standard InChI is InChI=1S/C30H25NO/c32-27(22-21-23-13-5-1-6-14-23)30-29(26-19-11-4-12-20-26)31(30)28(24-15-7-2-8-16-24)25-17-9-3-10-18-25/h1-22,28-30H/b22-21+/t29-,30+,31?/m1/s1. The maximum atomic E-state index is 13.4. The molecule has 0 bridgehead atoms. The summed E-state index contributed by atoms with van der Waals surface area (Å²) in [6.07, 6.45) is 3.66. The largest absolute Gasteiger partial charge is 0.293 e. The van der Waals surface area contributed by atoms with Crippen molar-refractivity contribution in [3.8, 4) is 0 Å². The van der Waals surface area contributed by atoms with Gasteiger partial charge in [-0.2, -0.15) is 0 Å². The van der Waals surface area contributed by atoms with Gasteiger partial charge in [-0.3, -0.25) is 9.69 Å². The smallest absolute Gasteiger partial charge is 0.174 e. The van der Waals surface area contributed by atoms with Gasteiger partial charge in [0, 0.05) is 0 Å². The second kappa shape index (κ2) is 9.17. The van der Waals surface area contributed by atoms with Crippen LogP contribution in [0, 0.1) is 0 Å². The van der Waals surface area contributed by atoms with E-state index in [1.807, 2.05) is 66.7 Å². The highest BCUT2D eigenvalue weighted by Crippen LogP contribution is 2.52. The summed E-state index contributed by atoms with van der Waals surface area (Å²) in [5.41, 5.74) is 4.60. The van der Waals surface area contributed by atoms with E-state index in [9.17, 15) is 4.79 Å². The zero-order valence-electron chi connectivity index (χ0n) is 17.8. The summed E-state index contributed by atoms with van der Waals surface area (Å²) < 4.78 is 0. The molecule has 2 nitrogen and oxygen atoms in total. The molecule has 0 saturated carbocycles. The van der Waals surface area contributed by atoms with Crippen LogP contribution in [-0.4, -0.2) is 16.7 Å². The van der Waals surface area contributed by atoms with Crippen molar-refractivity contribution in [3.63, 3.8) is 0 Å². The van der Waals surface area contributed by atoms with Gasteiger partial charge in [-0.1, -0.05) is 127 Å². The topological polar surface area (TPSA) is 20.1 Å². The molecule has 5 rings (SSSR count). The van der Waals surface area contributed by atoms with Crippen molar-refractivity contribution in [2.24, 2.45) is 0 Å². The van der Waals surface area contributed by atoms with Gasteiger partial charge in [0.2, 0.25) is 0 Å². The molecule has 2 heteroatoms. The van der Waals surface area contributed by atoms with Crippen LogP contribution in [0.5, 0.6) is 0 Å². The van der Waals surface area contributed by atoms with Gasteiger partial charge in [0.15, 0.2) is 5.78 Å². The predicted molar refractivity (Wildman–Crippen MR) is 130 cm³/mol. The third-order valence-corrected chi connectivity index (χ3v) is 6.05. The summed E-state index contributed by atoms with van der Waals surface area (Å²) in [6, 6.07) is 41.2. The molecule has 1 unspecified atom stereocenters. The molecular weight excluding hydrogens is 390 g/mol. The van der Waals surface area contributed by atoms with Gasteiger partial charge >= 0.3 is 0 Å². The Hall–Kier alpha value is -3.75. The highest BCUT2D eigenvalue weighted by Gasteiger charge is 2.55. The first kappa shape index (κ1) is 20.2. The first-order chi connectivity index (χ1) is 15.8. The fourth-order valence-corrected chi connectivity index (χ4v) is 4.52. The second-order valence-electron chi connectivity index (χ2n) is 8.12. The van der Waals surface area contributed by atoms with Gasteiger partial charge in [0.1, 0.15) is 0 Å². The van der Waals surface area contributed by atoms with Gasteiger partial charge < -0.3 is 0 Å². The number of hydrogen-bond donors (Lipinski definition) is 0. The van der Waals surface area contributed by atoms with Crippen LogP contribution in [0.3, 0.4) is 0 Å². The lowest BCUT2D eigenvalue weighted by Gasteiger charge is -2.21. The van der Waals surface area contributed by atoms with E-state index in [0.717, 1.165) is 5.56 Å². The number of nitrogens with zero attached hydrogens (tertiary/aromatic N) is 1. The van der Waals surface area contributed by atoms with Crippen LogP contribution < -0.4 is 0 Å². The van der Waals surface area contributed by atoms with Crippen LogP contribution in [0.2, 0.25) is 0 Å². The van der Waals surface area contributed by atoms with Crippen molar-refractivity contribution in [2.75, 3.05) is 0 Å². The van der Waals surface area contributed by atoms with E-state index in [2.05, 4.69) is 65.6 Å². The predicted octanol–water partition coefficient (Wildman–Crippen LogP) is 6.48. The van der Waals surface area contributed by atoms with Crippen LogP contribution in [0.1, 0.15) is 34.3 Å². The van der Waals surface area contributed by atoms with Crippen molar-refractivity contribution < 1.29 is 4.79 Å². The van der Waals surface area contributed by atoms with E-state index in [1.165, 1.54) is 16.7 Å². The minimum atomic E-state index is -0.192. The van der Waals surface area contributed by atoms with Gasteiger partial charge in [-0.25, -0.2) is 0 Å². The second-order valence-corrected chi connectivity index (χ2v) is 8.12. The number of benzene rings is 4. The fraction of sp³-hybridized carbons (Fsp3) is 0.100. The Bertz CT molecular complexity index is 1150. The highest BCUT2D eigenvalue weighted by atomic mass is 16.1. The molecule has 4 aromatic rings. The van der Waals surface area contributed by atoms with Crippen molar-refractivity contribution in [3.05, 3.63) is 150 Å². The van der Waals surface area contributed by atoms with Crippen molar-refractivity contribution in [2.45, 2.75) is 18.1 Å². The van der Waals surface area contributed by atoms with Crippen LogP contribution in [0.15, 0.2) is 127 Å². The molecule has 4 aromatic carbocycles. The van der Waals surface area contributed by atoms with E-state index in [4.69, 9.17) is 0 Å². The quantitative estimate of drug-likeness (QED) is 0.254. The average molecular weight is 416 g/mol. The maximum Gasteiger partial charge on any atom is 0.174 e. The Kier molecular flexibility index (Phi) is 5.78. The van der Waals surface area contributed by atoms with Crippen LogP contribution in [-0.2, 0) is 4.79 Å². The number of ketones is 1. The van der Waals surface area contributed by atoms with E-state index >= 15 is 0 Å². The molecule has 0 N–H and O–H groups in total. The third kappa shape index (κ3) is 4.18. The summed E-state index contributed by atoms with van der Waals surface area (Å²) in [5.74, 6) is 0.138. The van der Waals surface area contributed by atoms with E-state index in [-0.39, 0.29) is 23.9 Å². The molecule has 1 saturated heterocycles. The molecule has 0 radical (unpaired) electrons. The SMILES string of the molecule is O=C(/C=C/c1ccccc1)[C@H]1[C@@H](c2ccccc2)N1C(c1ccccc1)c1ccccc1. The Morgan fingerprint density at radius 2 is 1.12 bits per heavy atom. The average Bonchev–Trinajstić information content (AvgIpc) is 3.60. The lowest BCUT2D eigenvalue weighted by atomic mass is 9.98. The summed E-state index contributed by atoms with van der Waals surface area (Å²) in [5, 5.41) is 0. The number of rotatable bonds is 7. The normalized spacial score (nSPS) is 19.8. The van der Waals surface area contributed by atoms with Crippen molar-refractivity contribution in [1.82, 2.24) is 4.90 Å². The van der Waals surface area contributed by atoms with Crippen molar-refractivity contribution >= 4 is 11.9 Å². The van der Waals surface area contributed by atoms with Crippen LogP contribution in [0.25, 0.3) is 6.08 Å². The Balaban J connectivity index is 1.53. The summed E-state index contributed by atoms with van der Waals surface area (Å²) in [7, 11) is 0. The molecule has 32 heavy (non-hydrogen) atoms. The molecule has 1 aliphatic rings. The highest BCUT2D eigenvalue weighted by molar-refractivity contribution is 6.00. The molecule has 0 aliphatic carbocycles. The summed E-state index contributed by atoms with van der Waals surface area (Å²) in [6.45, 7) is 0. The van der Waals surface area contributed by atoms with Gasteiger partial charge in [0.05, 0.1) is 18.1 Å². The minimum absolute atomic E-state index is 0.0154. The number of hydrogen-bond acceptors (Lipinski definition) is 2. The summed E-state index contributed by atoms with van der Waals surface area (Å²) in [4.78, 5) is 15.8. The Labute approximate surface area is 189 Å². The fourth-order valence-electron chi connectivity index (χ4n) is 4.52. The Morgan fingerprint density at radius 3 is 1.66 bits per heavy atom. The van der Waals surface area contributed by atoms with Gasteiger partial charge in [0.25, 0.3) is 0 Å². The zero-order valence-corrected chi connectivity index (χ0v) is 17.8. The zero-order chi connectivity index (χ0) is 21.8. The maximum absolute atomic E-state index is 13.4. The van der Waals surface area contributed by atoms with Crippen LogP contribution in [0.4, 0.5) is 0 Å². The van der Waals surface area contributed by atoms with Crippen molar-refractivity contribution in [1.29, 1.82) is 0 Å². The number of carbonyl (C=O) groups excluding carboxylic acids is 1. The lowest BCUT2D eigenvalue weighted by molar-refractivity contribution is -0.114. The van der Waals surface area contributed by atoms with Crippen LogP contribution >= 0.6 is 0 Å². The molecule has 3 atom stereocenters. The first-order valence-electron chi connectivity index (χ1n) is 11.0. The molecule has 1 heterocycles. The summed E-state index contributed by atoms with van der Waals surface area (Å²) >= 11 is 0. The van der Waals surface area contributed by atoms with E-state index in [0.29, 0.717) is 0 Å². The Morgan fingerprint density at radius 1 is 0.656 bits per heavy atom. The molecular formula is C30H25NO. The molecule has 0 spiro atoms. The first-order valence-corrected chi connectivity index (χ1v) is 11.0. The third-order valence-electron chi connectivity index (χ3n) is 6.05. The van der Waals surface area contributed by atoms with Gasteiger partial charge in [-0.05, 0) is 28.3 Å². The molecule has 156 valence electrons. The van der Waals surface area contributed by atoms with Gasteiger partial charge in [-0.15, -0.1) is 0 Å². The molecule has 0 amide bonds. The monoisotopic (exact) mass is 415 g/mol. The number of carbonyl (C=O) groups is 1.